The Morgan fingerprint density at radius 1 is 1.35 bits per heavy atom. The molecular formula is C18H26N2O2S. The average molecular weight is 334 g/mol. The molecule has 23 heavy (non-hydrogen) atoms. The van der Waals surface area contributed by atoms with E-state index in [-0.39, 0.29) is 18.6 Å². The molecule has 1 amide bonds. The Hall–Kier alpha value is -1.04. The molecular weight excluding hydrogens is 308 g/mol. The number of benzene rings is 1. The van der Waals surface area contributed by atoms with Crippen LogP contribution >= 0.6 is 11.8 Å². The number of thioether (sulfide) groups is 1. The summed E-state index contributed by atoms with van der Waals surface area (Å²) in [5.41, 5.74) is 0.826. The SMILES string of the molecule is CC(C)Sc1ccccc1C(=O)N1C[C@@H]2C[C@@H](CO)N(C)[C@@H]2C1. The highest BCUT2D eigenvalue weighted by Gasteiger charge is 2.45. The molecule has 0 spiro atoms. The Balaban J connectivity index is 1.74. The van der Waals surface area contributed by atoms with E-state index >= 15 is 0 Å². The molecule has 2 saturated heterocycles. The fourth-order valence-corrected chi connectivity index (χ4v) is 4.82. The van der Waals surface area contributed by atoms with Gasteiger partial charge in [0.2, 0.25) is 0 Å². The standard InChI is InChI=1S/C18H26N2O2S/c1-12(2)23-17-7-5-4-6-15(17)18(22)20-9-13-8-14(11-21)19(3)16(13)10-20/h4-7,12-14,16,21H,8-11H2,1-3H3/t13-,14-,16+/m0/s1. The van der Waals surface area contributed by atoms with E-state index in [1.54, 1.807) is 11.8 Å². The number of carbonyl (C=O) groups is 1. The molecule has 2 aliphatic heterocycles. The van der Waals surface area contributed by atoms with Crippen molar-refractivity contribution in [3.8, 4) is 0 Å². The summed E-state index contributed by atoms with van der Waals surface area (Å²) in [5.74, 6) is 0.642. The minimum Gasteiger partial charge on any atom is -0.395 e. The van der Waals surface area contributed by atoms with Crippen LogP contribution in [0.1, 0.15) is 30.6 Å². The first-order valence-electron chi connectivity index (χ1n) is 8.39. The molecule has 0 unspecified atom stereocenters. The molecule has 4 nitrogen and oxygen atoms in total. The number of nitrogens with zero attached hydrogens (tertiary/aromatic N) is 2. The summed E-state index contributed by atoms with van der Waals surface area (Å²) in [6.07, 6.45) is 0.990. The van der Waals surface area contributed by atoms with Gasteiger partial charge in [-0.05, 0) is 31.5 Å². The van der Waals surface area contributed by atoms with Gasteiger partial charge >= 0.3 is 0 Å². The maximum absolute atomic E-state index is 13.0. The van der Waals surface area contributed by atoms with Crippen LogP contribution in [0.2, 0.25) is 0 Å². The number of hydrogen-bond donors (Lipinski definition) is 1. The Labute approximate surface area is 142 Å². The largest absolute Gasteiger partial charge is 0.395 e. The highest BCUT2D eigenvalue weighted by molar-refractivity contribution is 8.00. The zero-order valence-electron chi connectivity index (χ0n) is 14.1. The molecule has 5 heteroatoms. The van der Waals surface area contributed by atoms with Crippen molar-refractivity contribution in [1.82, 2.24) is 9.80 Å². The van der Waals surface area contributed by atoms with Crippen LogP contribution in [0.3, 0.4) is 0 Å². The lowest BCUT2D eigenvalue weighted by atomic mass is 10.0. The Kier molecular flexibility index (Phi) is 4.99. The third kappa shape index (κ3) is 3.28. The van der Waals surface area contributed by atoms with Crippen LogP contribution in [0.4, 0.5) is 0 Å². The number of carbonyl (C=O) groups excluding carboxylic acids is 1. The summed E-state index contributed by atoms with van der Waals surface area (Å²) in [6.45, 7) is 6.10. The molecule has 2 heterocycles. The van der Waals surface area contributed by atoms with Crippen LogP contribution in [0.25, 0.3) is 0 Å². The summed E-state index contributed by atoms with van der Waals surface area (Å²) >= 11 is 1.75. The Bertz CT molecular complexity index is 578. The van der Waals surface area contributed by atoms with Gasteiger partial charge in [-0.1, -0.05) is 26.0 Å². The zero-order valence-corrected chi connectivity index (χ0v) is 14.9. The molecule has 1 aromatic rings. The normalized spacial score (nSPS) is 27.7. The van der Waals surface area contributed by atoms with Crippen molar-refractivity contribution < 1.29 is 9.90 Å². The fourth-order valence-electron chi connectivity index (χ4n) is 3.87. The second kappa shape index (κ2) is 6.83. The van der Waals surface area contributed by atoms with E-state index in [0.29, 0.717) is 17.2 Å². The smallest absolute Gasteiger partial charge is 0.255 e. The lowest BCUT2D eigenvalue weighted by Crippen LogP contribution is -2.40. The third-order valence-electron chi connectivity index (χ3n) is 5.06. The molecule has 2 fully saturated rings. The number of amides is 1. The van der Waals surface area contributed by atoms with E-state index in [2.05, 4.69) is 25.8 Å². The summed E-state index contributed by atoms with van der Waals surface area (Å²) in [4.78, 5) is 18.3. The van der Waals surface area contributed by atoms with Gasteiger partial charge in [0, 0.05) is 35.3 Å². The highest BCUT2D eigenvalue weighted by atomic mass is 32.2. The van der Waals surface area contributed by atoms with Crippen LogP contribution in [0.5, 0.6) is 0 Å². The van der Waals surface area contributed by atoms with E-state index < -0.39 is 0 Å². The van der Waals surface area contributed by atoms with Crippen molar-refractivity contribution in [2.75, 3.05) is 26.7 Å². The first kappa shape index (κ1) is 16.8. The maximum atomic E-state index is 13.0. The third-order valence-corrected chi connectivity index (χ3v) is 6.14. The van der Waals surface area contributed by atoms with Gasteiger partial charge in [-0.15, -0.1) is 11.8 Å². The predicted molar refractivity (Wildman–Crippen MR) is 93.9 cm³/mol. The van der Waals surface area contributed by atoms with Crippen molar-refractivity contribution in [2.24, 2.45) is 5.92 Å². The van der Waals surface area contributed by atoms with E-state index in [4.69, 9.17) is 0 Å². The highest BCUT2D eigenvalue weighted by Crippen LogP contribution is 2.36. The number of hydrogen-bond acceptors (Lipinski definition) is 4. The monoisotopic (exact) mass is 334 g/mol. The van der Waals surface area contributed by atoms with Gasteiger partial charge in [0.1, 0.15) is 0 Å². The molecule has 3 rings (SSSR count). The molecule has 0 bridgehead atoms. The van der Waals surface area contributed by atoms with Gasteiger partial charge in [0.25, 0.3) is 5.91 Å². The van der Waals surface area contributed by atoms with Gasteiger partial charge in [0.15, 0.2) is 0 Å². The average Bonchev–Trinajstić information content (AvgIpc) is 3.06. The number of fused-ring (bicyclic) bond motifs is 1. The van der Waals surface area contributed by atoms with Crippen LogP contribution in [0, 0.1) is 5.92 Å². The van der Waals surface area contributed by atoms with Gasteiger partial charge in [-0.2, -0.15) is 0 Å². The molecule has 1 N–H and O–H groups in total. The second-order valence-electron chi connectivity index (χ2n) is 6.94. The topological polar surface area (TPSA) is 43.8 Å². The molecule has 1 aromatic carbocycles. The molecule has 0 aliphatic carbocycles. The second-order valence-corrected chi connectivity index (χ2v) is 8.56. The van der Waals surface area contributed by atoms with E-state index in [1.807, 2.05) is 29.2 Å². The molecule has 126 valence electrons. The van der Waals surface area contributed by atoms with Crippen molar-refractivity contribution in [3.63, 3.8) is 0 Å². The molecule has 0 radical (unpaired) electrons. The van der Waals surface area contributed by atoms with Crippen molar-refractivity contribution in [3.05, 3.63) is 29.8 Å². The van der Waals surface area contributed by atoms with Gasteiger partial charge in [0.05, 0.1) is 12.2 Å². The fraction of sp³-hybridized carbons (Fsp3) is 0.611. The van der Waals surface area contributed by atoms with Crippen LogP contribution < -0.4 is 0 Å². The van der Waals surface area contributed by atoms with Gasteiger partial charge < -0.3 is 10.0 Å². The van der Waals surface area contributed by atoms with E-state index in [0.717, 1.165) is 30.0 Å². The summed E-state index contributed by atoms with van der Waals surface area (Å²) < 4.78 is 0. The minimum absolute atomic E-state index is 0.150. The van der Waals surface area contributed by atoms with E-state index in [9.17, 15) is 9.90 Å². The predicted octanol–water partition coefficient (Wildman–Crippen LogP) is 2.32. The zero-order chi connectivity index (χ0) is 16.6. The molecule has 2 aliphatic rings. The summed E-state index contributed by atoms with van der Waals surface area (Å²) in [6, 6.07) is 8.58. The number of rotatable bonds is 4. The van der Waals surface area contributed by atoms with Crippen molar-refractivity contribution >= 4 is 17.7 Å². The number of aliphatic hydroxyl groups excluding tert-OH is 1. The number of likely N-dealkylation sites (tertiary alicyclic amines) is 2. The van der Waals surface area contributed by atoms with Crippen LogP contribution in [-0.2, 0) is 0 Å². The van der Waals surface area contributed by atoms with Gasteiger partial charge in [-0.3, -0.25) is 9.69 Å². The minimum atomic E-state index is 0.150. The first-order chi connectivity index (χ1) is 11.0. The van der Waals surface area contributed by atoms with Gasteiger partial charge in [-0.25, -0.2) is 0 Å². The number of aliphatic hydroxyl groups is 1. The van der Waals surface area contributed by atoms with Crippen LogP contribution in [-0.4, -0.2) is 64.9 Å². The van der Waals surface area contributed by atoms with Crippen LogP contribution in [0.15, 0.2) is 29.2 Å². The van der Waals surface area contributed by atoms with E-state index in [1.165, 1.54) is 0 Å². The first-order valence-corrected chi connectivity index (χ1v) is 9.27. The van der Waals surface area contributed by atoms with Crippen molar-refractivity contribution in [1.29, 1.82) is 0 Å². The Morgan fingerprint density at radius 3 is 2.74 bits per heavy atom. The Morgan fingerprint density at radius 2 is 2.09 bits per heavy atom. The summed E-state index contributed by atoms with van der Waals surface area (Å²) in [5, 5.41) is 9.90. The lowest BCUT2D eigenvalue weighted by molar-refractivity contribution is 0.0753. The quantitative estimate of drug-likeness (QED) is 0.858. The number of likely N-dealkylation sites (N-methyl/N-ethyl adjacent to an activating group) is 1. The van der Waals surface area contributed by atoms with Crippen molar-refractivity contribution in [2.45, 2.75) is 42.5 Å². The summed E-state index contributed by atoms with van der Waals surface area (Å²) in [7, 11) is 2.07. The lowest BCUT2D eigenvalue weighted by Gasteiger charge is -2.26. The molecule has 0 aromatic heterocycles. The molecule has 0 saturated carbocycles. The maximum Gasteiger partial charge on any atom is 0.255 e. The molecule has 3 atom stereocenters.